The van der Waals surface area contributed by atoms with Gasteiger partial charge in [0.25, 0.3) is 5.91 Å². The Labute approximate surface area is 165 Å². The molecule has 0 aliphatic carbocycles. The van der Waals surface area contributed by atoms with Crippen LogP contribution in [0.25, 0.3) is 0 Å². The largest absolute Gasteiger partial charge is 0.497 e. The molecule has 3 rings (SSSR count). The van der Waals surface area contributed by atoms with Gasteiger partial charge in [0.05, 0.1) is 7.11 Å². The van der Waals surface area contributed by atoms with Gasteiger partial charge in [-0.15, -0.1) is 0 Å². The minimum Gasteiger partial charge on any atom is -0.497 e. The van der Waals surface area contributed by atoms with E-state index in [0.717, 1.165) is 29.0 Å². The lowest BCUT2D eigenvalue weighted by molar-refractivity contribution is 0.102. The van der Waals surface area contributed by atoms with Gasteiger partial charge >= 0.3 is 0 Å². The Balaban J connectivity index is 1.61. The minimum absolute atomic E-state index is 0.146. The monoisotopic (exact) mass is 375 g/mol. The van der Waals surface area contributed by atoms with Crippen LogP contribution in [-0.2, 0) is 6.42 Å². The van der Waals surface area contributed by atoms with Crippen molar-refractivity contribution in [3.8, 4) is 5.75 Å². The third kappa shape index (κ3) is 4.88. The highest BCUT2D eigenvalue weighted by Crippen LogP contribution is 2.19. The normalized spacial score (nSPS) is 10.4. The zero-order chi connectivity index (χ0) is 19.9. The molecule has 1 heterocycles. The summed E-state index contributed by atoms with van der Waals surface area (Å²) in [5, 5.41) is 6.26. The van der Waals surface area contributed by atoms with Crippen LogP contribution in [0.1, 0.15) is 27.0 Å². The lowest BCUT2D eigenvalue weighted by atomic mass is 10.1. The molecule has 0 fully saturated rings. The Morgan fingerprint density at radius 1 is 1.07 bits per heavy atom. The van der Waals surface area contributed by atoms with Crippen molar-refractivity contribution in [2.75, 3.05) is 24.3 Å². The number of benzene rings is 2. The van der Waals surface area contributed by atoms with Gasteiger partial charge in [0, 0.05) is 24.0 Å². The van der Waals surface area contributed by atoms with Crippen molar-refractivity contribution in [3.63, 3.8) is 0 Å². The topological polar surface area (TPSA) is 63.2 Å². The molecule has 0 saturated carbocycles. The van der Waals surface area contributed by atoms with E-state index in [1.807, 2.05) is 50.2 Å². The Bertz CT molecular complexity index is 970. The molecule has 0 atom stereocenters. The Morgan fingerprint density at radius 3 is 2.71 bits per heavy atom. The van der Waals surface area contributed by atoms with Crippen molar-refractivity contribution in [1.29, 1.82) is 0 Å². The van der Waals surface area contributed by atoms with Gasteiger partial charge < -0.3 is 15.4 Å². The molecule has 0 radical (unpaired) electrons. The number of pyridine rings is 1. The Kier molecular flexibility index (Phi) is 6.27. The van der Waals surface area contributed by atoms with Crippen LogP contribution in [0.5, 0.6) is 5.75 Å². The summed E-state index contributed by atoms with van der Waals surface area (Å²) in [6.45, 7) is 4.74. The summed E-state index contributed by atoms with van der Waals surface area (Å²) >= 11 is 0. The SMILES string of the molecule is COc1cccc(CCNc2cc(C(=O)Nc3cccc(C)c3C)ccn2)c1. The number of aryl methyl sites for hydroxylation is 1. The molecule has 1 aromatic heterocycles. The van der Waals surface area contributed by atoms with E-state index < -0.39 is 0 Å². The number of rotatable bonds is 7. The quantitative estimate of drug-likeness (QED) is 0.633. The lowest BCUT2D eigenvalue weighted by Crippen LogP contribution is -2.14. The summed E-state index contributed by atoms with van der Waals surface area (Å²) < 4.78 is 5.25. The molecule has 0 spiro atoms. The molecule has 0 bridgehead atoms. The molecule has 3 aromatic rings. The molecule has 5 nitrogen and oxygen atoms in total. The maximum atomic E-state index is 12.6. The van der Waals surface area contributed by atoms with Crippen molar-refractivity contribution >= 4 is 17.4 Å². The molecule has 1 amide bonds. The Hall–Kier alpha value is -3.34. The summed E-state index contributed by atoms with van der Waals surface area (Å²) in [6, 6.07) is 17.3. The summed E-state index contributed by atoms with van der Waals surface area (Å²) in [7, 11) is 1.66. The van der Waals surface area contributed by atoms with Crippen LogP contribution in [0.15, 0.2) is 60.8 Å². The molecule has 5 heteroatoms. The number of anilines is 2. The number of carbonyl (C=O) groups excluding carboxylic acids is 1. The molecule has 2 N–H and O–H groups in total. The van der Waals surface area contributed by atoms with Crippen LogP contribution >= 0.6 is 0 Å². The van der Waals surface area contributed by atoms with Crippen LogP contribution < -0.4 is 15.4 Å². The fraction of sp³-hybridized carbons (Fsp3) is 0.217. The van der Waals surface area contributed by atoms with Gasteiger partial charge in [-0.2, -0.15) is 0 Å². The summed E-state index contributed by atoms with van der Waals surface area (Å²) in [5.74, 6) is 1.38. The van der Waals surface area contributed by atoms with Gasteiger partial charge in [-0.3, -0.25) is 4.79 Å². The fourth-order valence-electron chi connectivity index (χ4n) is 2.91. The molecule has 0 aliphatic heterocycles. The van der Waals surface area contributed by atoms with E-state index >= 15 is 0 Å². The van der Waals surface area contributed by atoms with Gasteiger partial charge in [-0.05, 0) is 67.3 Å². The average molecular weight is 375 g/mol. The maximum Gasteiger partial charge on any atom is 0.255 e. The van der Waals surface area contributed by atoms with Crippen LogP contribution in [-0.4, -0.2) is 24.5 Å². The van der Waals surface area contributed by atoms with E-state index in [2.05, 4.69) is 21.7 Å². The Morgan fingerprint density at radius 2 is 1.89 bits per heavy atom. The minimum atomic E-state index is -0.146. The highest BCUT2D eigenvalue weighted by Gasteiger charge is 2.09. The summed E-state index contributed by atoms with van der Waals surface area (Å²) in [6.07, 6.45) is 2.48. The van der Waals surface area contributed by atoms with Crippen molar-refractivity contribution in [1.82, 2.24) is 4.98 Å². The highest BCUT2D eigenvalue weighted by atomic mass is 16.5. The lowest BCUT2D eigenvalue weighted by Gasteiger charge is -2.11. The number of nitrogens with zero attached hydrogens (tertiary/aromatic N) is 1. The average Bonchev–Trinajstić information content (AvgIpc) is 2.72. The molecule has 144 valence electrons. The van der Waals surface area contributed by atoms with Gasteiger partial charge in [0.15, 0.2) is 0 Å². The molecule has 28 heavy (non-hydrogen) atoms. The highest BCUT2D eigenvalue weighted by molar-refractivity contribution is 6.05. The number of hydrogen-bond acceptors (Lipinski definition) is 4. The van der Waals surface area contributed by atoms with E-state index in [1.165, 1.54) is 5.56 Å². The van der Waals surface area contributed by atoms with Crippen LogP contribution in [0, 0.1) is 13.8 Å². The second kappa shape index (κ2) is 9.04. The van der Waals surface area contributed by atoms with Gasteiger partial charge in [0.1, 0.15) is 11.6 Å². The van der Waals surface area contributed by atoms with Crippen LogP contribution in [0.3, 0.4) is 0 Å². The zero-order valence-corrected chi connectivity index (χ0v) is 16.5. The van der Waals surface area contributed by atoms with Gasteiger partial charge in [0.2, 0.25) is 0 Å². The van der Waals surface area contributed by atoms with Gasteiger partial charge in [-0.25, -0.2) is 4.98 Å². The predicted octanol–water partition coefficient (Wildman–Crippen LogP) is 4.61. The smallest absolute Gasteiger partial charge is 0.255 e. The number of hydrogen-bond donors (Lipinski definition) is 2. The molecule has 0 unspecified atom stereocenters. The third-order valence-electron chi connectivity index (χ3n) is 4.73. The second-order valence-corrected chi connectivity index (χ2v) is 6.66. The number of ether oxygens (including phenoxy) is 1. The number of amides is 1. The predicted molar refractivity (Wildman–Crippen MR) is 113 cm³/mol. The first-order valence-electron chi connectivity index (χ1n) is 9.27. The van der Waals surface area contributed by atoms with E-state index in [0.29, 0.717) is 17.9 Å². The first kappa shape index (κ1) is 19.4. The van der Waals surface area contributed by atoms with E-state index in [-0.39, 0.29) is 5.91 Å². The maximum absolute atomic E-state index is 12.6. The summed E-state index contributed by atoms with van der Waals surface area (Å²) in [5.41, 5.74) is 4.79. The van der Waals surface area contributed by atoms with Crippen LogP contribution in [0.2, 0.25) is 0 Å². The zero-order valence-electron chi connectivity index (χ0n) is 16.5. The van der Waals surface area contributed by atoms with Gasteiger partial charge in [-0.1, -0.05) is 24.3 Å². The van der Waals surface area contributed by atoms with E-state index in [4.69, 9.17) is 4.74 Å². The number of carbonyl (C=O) groups is 1. The first-order chi connectivity index (χ1) is 13.6. The molecule has 2 aromatic carbocycles. The van der Waals surface area contributed by atoms with Crippen LogP contribution in [0.4, 0.5) is 11.5 Å². The third-order valence-corrected chi connectivity index (χ3v) is 4.73. The first-order valence-corrected chi connectivity index (χ1v) is 9.27. The number of nitrogens with one attached hydrogen (secondary N) is 2. The van der Waals surface area contributed by atoms with E-state index in [9.17, 15) is 4.79 Å². The molecular weight excluding hydrogens is 350 g/mol. The number of methoxy groups -OCH3 is 1. The standard InChI is InChI=1S/C23H25N3O2/c1-16-6-4-9-21(17(16)2)26-23(27)19-11-13-25-22(15-19)24-12-10-18-7-5-8-20(14-18)28-3/h4-9,11,13-15H,10,12H2,1-3H3,(H,24,25)(H,26,27). The summed E-state index contributed by atoms with van der Waals surface area (Å²) in [4.78, 5) is 16.9. The van der Waals surface area contributed by atoms with E-state index in [1.54, 1.807) is 25.4 Å². The fourth-order valence-corrected chi connectivity index (χ4v) is 2.91. The second-order valence-electron chi connectivity index (χ2n) is 6.66. The van der Waals surface area contributed by atoms with Crippen molar-refractivity contribution in [2.45, 2.75) is 20.3 Å². The molecule has 0 aliphatic rings. The molecular formula is C23H25N3O2. The van der Waals surface area contributed by atoms with Crippen molar-refractivity contribution in [3.05, 3.63) is 83.0 Å². The number of aromatic nitrogens is 1. The van der Waals surface area contributed by atoms with Crippen molar-refractivity contribution < 1.29 is 9.53 Å². The molecule has 0 saturated heterocycles. The van der Waals surface area contributed by atoms with Crippen molar-refractivity contribution in [2.24, 2.45) is 0 Å².